The zero-order chi connectivity index (χ0) is 12.3. The Bertz CT molecular complexity index is 507. The Morgan fingerprint density at radius 3 is 2.71 bits per heavy atom. The lowest BCUT2D eigenvalue weighted by atomic mass is 10.2. The number of hydrogen-bond acceptors (Lipinski definition) is 4. The van der Waals surface area contributed by atoms with Crippen molar-refractivity contribution in [1.82, 2.24) is 9.78 Å². The maximum Gasteiger partial charge on any atom is 0.126 e. The molecule has 90 valence electrons. The summed E-state index contributed by atoms with van der Waals surface area (Å²) >= 11 is 0. The molecule has 5 heteroatoms. The molecule has 5 nitrogen and oxygen atoms in total. The van der Waals surface area contributed by atoms with Gasteiger partial charge in [-0.2, -0.15) is 5.10 Å². The van der Waals surface area contributed by atoms with Gasteiger partial charge in [0, 0.05) is 17.7 Å². The van der Waals surface area contributed by atoms with E-state index in [4.69, 9.17) is 16.2 Å². The van der Waals surface area contributed by atoms with Gasteiger partial charge >= 0.3 is 0 Å². The molecule has 1 heterocycles. The minimum atomic E-state index is 0.401. The van der Waals surface area contributed by atoms with Gasteiger partial charge in [0.15, 0.2) is 0 Å². The number of aromatic nitrogens is 2. The van der Waals surface area contributed by atoms with Crippen molar-refractivity contribution in [1.29, 1.82) is 0 Å². The number of benzene rings is 1. The molecule has 1 aromatic carbocycles. The van der Waals surface area contributed by atoms with E-state index >= 15 is 0 Å². The molecule has 1 aromatic heterocycles. The first-order valence-electron chi connectivity index (χ1n) is 5.38. The Balaban J connectivity index is 2.28. The molecule has 0 unspecified atom stereocenters. The standard InChI is InChI=1S/C12H16N4O/c1-17-11-5-3-2-4-9(11)8-16-12(14)10(6-13)7-15-16/h2-5,7H,6,8,13-14H2,1H3. The van der Waals surface area contributed by atoms with Gasteiger partial charge < -0.3 is 16.2 Å². The van der Waals surface area contributed by atoms with Crippen molar-refractivity contribution in [3.63, 3.8) is 0 Å². The summed E-state index contributed by atoms with van der Waals surface area (Å²) in [5.74, 6) is 1.44. The molecule has 0 spiro atoms. The monoisotopic (exact) mass is 232 g/mol. The maximum atomic E-state index is 5.93. The van der Waals surface area contributed by atoms with E-state index in [1.54, 1.807) is 18.0 Å². The summed E-state index contributed by atoms with van der Waals surface area (Å²) in [6.07, 6.45) is 1.70. The van der Waals surface area contributed by atoms with Crippen LogP contribution in [0.15, 0.2) is 30.5 Å². The minimum absolute atomic E-state index is 0.401. The summed E-state index contributed by atoms with van der Waals surface area (Å²) in [7, 11) is 1.65. The number of methoxy groups -OCH3 is 1. The third-order valence-electron chi connectivity index (χ3n) is 2.69. The van der Waals surface area contributed by atoms with E-state index in [1.165, 1.54) is 0 Å². The van der Waals surface area contributed by atoms with Crippen molar-refractivity contribution in [3.8, 4) is 5.75 Å². The van der Waals surface area contributed by atoms with Crippen molar-refractivity contribution in [2.45, 2.75) is 13.1 Å². The molecule has 0 saturated carbocycles. The first-order valence-corrected chi connectivity index (χ1v) is 5.38. The topological polar surface area (TPSA) is 79.1 Å². The van der Waals surface area contributed by atoms with Crippen LogP contribution in [0.2, 0.25) is 0 Å². The lowest BCUT2D eigenvalue weighted by Gasteiger charge is -2.09. The summed E-state index contributed by atoms with van der Waals surface area (Å²) in [4.78, 5) is 0. The van der Waals surface area contributed by atoms with Gasteiger partial charge in [0.25, 0.3) is 0 Å². The quantitative estimate of drug-likeness (QED) is 0.823. The zero-order valence-electron chi connectivity index (χ0n) is 9.76. The van der Waals surface area contributed by atoms with Crippen LogP contribution in [0.1, 0.15) is 11.1 Å². The third kappa shape index (κ3) is 2.24. The molecule has 4 N–H and O–H groups in total. The Kier molecular flexibility index (Phi) is 3.30. The fraction of sp³-hybridized carbons (Fsp3) is 0.250. The van der Waals surface area contributed by atoms with Gasteiger partial charge in [0.05, 0.1) is 19.9 Å². The molecular formula is C12H16N4O. The number of para-hydroxylation sites is 1. The number of ether oxygens (including phenoxy) is 1. The lowest BCUT2D eigenvalue weighted by Crippen LogP contribution is -2.08. The van der Waals surface area contributed by atoms with Gasteiger partial charge in [0.1, 0.15) is 11.6 Å². The number of hydrogen-bond donors (Lipinski definition) is 2. The summed E-state index contributed by atoms with van der Waals surface area (Å²) in [5.41, 5.74) is 13.4. The second-order valence-corrected chi connectivity index (χ2v) is 3.73. The smallest absolute Gasteiger partial charge is 0.126 e. The first kappa shape index (κ1) is 11.5. The van der Waals surface area contributed by atoms with E-state index in [0.29, 0.717) is 18.9 Å². The molecule has 0 bridgehead atoms. The van der Waals surface area contributed by atoms with Gasteiger partial charge in [-0.3, -0.25) is 0 Å². The van der Waals surface area contributed by atoms with E-state index in [1.807, 2.05) is 24.3 Å². The summed E-state index contributed by atoms with van der Waals surface area (Å²) < 4.78 is 7.01. The van der Waals surface area contributed by atoms with Crippen LogP contribution in [0, 0.1) is 0 Å². The molecule has 17 heavy (non-hydrogen) atoms. The normalized spacial score (nSPS) is 10.5. The summed E-state index contributed by atoms with van der Waals surface area (Å²) in [6, 6.07) is 7.79. The predicted octanol–water partition coefficient (Wildman–Crippen LogP) is 0.981. The molecule has 2 aromatic rings. The van der Waals surface area contributed by atoms with E-state index in [-0.39, 0.29) is 0 Å². The highest BCUT2D eigenvalue weighted by Crippen LogP contribution is 2.20. The summed E-state index contributed by atoms with van der Waals surface area (Å²) in [5, 5.41) is 4.21. The number of rotatable bonds is 4. The predicted molar refractivity (Wildman–Crippen MR) is 66.6 cm³/mol. The van der Waals surface area contributed by atoms with Crippen LogP contribution in [0.4, 0.5) is 5.82 Å². The molecule has 0 fully saturated rings. The fourth-order valence-corrected chi connectivity index (χ4v) is 1.71. The Labute approximate surface area is 100.0 Å². The fourth-order valence-electron chi connectivity index (χ4n) is 1.71. The number of nitrogens with two attached hydrogens (primary N) is 2. The summed E-state index contributed by atoms with van der Waals surface area (Å²) in [6.45, 7) is 0.980. The van der Waals surface area contributed by atoms with Crippen LogP contribution < -0.4 is 16.2 Å². The lowest BCUT2D eigenvalue weighted by molar-refractivity contribution is 0.407. The maximum absolute atomic E-state index is 5.93. The van der Waals surface area contributed by atoms with E-state index in [0.717, 1.165) is 16.9 Å². The largest absolute Gasteiger partial charge is 0.496 e. The Hall–Kier alpha value is -2.01. The van der Waals surface area contributed by atoms with E-state index < -0.39 is 0 Å². The second kappa shape index (κ2) is 4.88. The Morgan fingerprint density at radius 1 is 1.29 bits per heavy atom. The van der Waals surface area contributed by atoms with E-state index in [2.05, 4.69) is 5.10 Å². The molecule has 0 radical (unpaired) electrons. The minimum Gasteiger partial charge on any atom is -0.496 e. The average Bonchev–Trinajstić information content (AvgIpc) is 2.71. The van der Waals surface area contributed by atoms with Gasteiger partial charge in [-0.05, 0) is 6.07 Å². The highest BCUT2D eigenvalue weighted by molar-refractivity contribution is 5.40. The molecule has 0 amide bonds. The van der Waals surface area contributed by atoms with Crippen molar-refractivity contribution in [2.24, 2.45) is 5.73 Å². The highest BCUT2D eigenvalue weighted by Gasteiger charge is 2.08. The van der Waals surface area contributed by atoms with Gasteiger partial charge in [-0.25, -0.2) is 4.68 Å². The van der Waals surface area contributed by atoms with Crippen molar-refractivity contribution in [3.05, 3.63) is 41.6 Å². The highest BCUT2D eigenvalue weighted by atomic mass is 16.5. The van der Waals surface area contributed by atoms with Gasteiger partial charge in [0.2, 0.25) is 0 Å². The molecule has 0 aliphatic rings. The number of nitrogen functional groups attached to an aromatic ring is 1. The van der Waals surface area contributed by atoms with Gasteiger partial charge in [-0.1, -0.05) is 18.2 Å². The van der Waals surface area contributed by atoms with Crippen LogP contribution in [-0.4, -0.2) is 16.9 Å². The van der Waals surface area contributed by atoms with Crippen LogP contribution >= 0.6 is 0 Å². The average molecular weight is 232 g/mol. The van der Waals surface area contributed by atoms with Crippen LogP contribution in [0.3, 0.4) is 0 Å². The zero-order valence-corrected chi connectivity index (χ0v) is 9.76. The van der Waals surface area contributed by atoms with Crippen molar-refractivity contribution in [2.75, 3.05) is 12.8 Å². The third-order valence-corrected chi connectivity index (χ3v) is 2.69. The molecule has 0 atom stereocenters. The van der Waals surface area contributed by atoms with Crippen molar-refractivity contribution < 1.29 is 4.74 Å². The van der Waals surface area contributed by atoms with Crippen molar-refractivity contribution >= 4 is 5.82 Å². The Morgan fingerprint density at radius 2 is 2.06 bits per heavy atom. The molecule has 0 aliphatic carbocycles. The molecule has 0 saturated heterocycles. The van der Waals surface area contributed by atoms with Gasteiger partial charge in [-0.15, -0.1) is 0 Å². The van der Waals surface area contributed by atoms with Crippen LogP contribution in [0.25, 0.3) is 0 Å². The molecule has 2 rings (SSSR count). The molecule has 0 aliphatic heterocycles. The first-order chi connectivity index (χ1) is 8.26. The number of anilines is 1. The SMILES string of the molecule is COc1ccccc1Cn1ncc(CN)c1N. The molecular weight excluding hydrogens is 216 g/mol. The second-order valence-electron chi connectivity index (χ2n) is 3.73. The van der Waals surface area contributed by atoms with Crippen LogP contribution in [-0.2, 0) is 13.1 Å². The van der Waals surface area contributed by atoms with E-state index in [9.17, 15) is 0 Å². The number of nitrogens with zero attached hydrogens (tertiary/aromatic N) is 2. The van der Waals surface area contributed by atoms with Crippen LogP contribution in [0.5, 0.6) is 5.75 Å².